The number of hydrogen-bond acceptors (Lipinski definition) is 7. The number of fused-ring (bicyclic) bond motifs is 1. The van der Waals surface area contributed by atoms with Crippen molar-refractivity contribution in [1.29, 1.82) is 0 Å². The van der Waals surface area contributed by atoms with E-state index in [0.29, 0.717) is 11.1 Å². The number of nitrogens with zero attached hydrogens (tertiary/aromatic N) is 2. The molecule has 0 fully saturated rings. The molecule has 1 aliphatic heterocycles. The summed E-state index contributed by atoms with van der Waals surface area (Å²) in [4.78, 5) is 16.7. The second kappa shape index (κ2) is 8.17. The van der Waals surface area contributed by atoms with Gasteiger partial charge in [0.1, 0.15) is 18.5 Å². The van der Waals surface area contributed by atoms with Gasteiger partial charge in [0.25, 0.3) is 10.0 Å². The molecular formula is C19H21N3O6S2. The van der Waals surface area contributed by atoms with Gasteiger partial charge in [0.05, 0.1) is 9.79 Å². The van der Waals surface area contributed by atoms with Gasteiger partial charge in [-0.25, -0.2) is 25.9 Å². The van der Waals surface area contributed by atoms with Crippen LogP contribution >= 0.6 is 0 Å². The predicted octanol–water partition coefficient (Wildman–Crippen LogP) is 1.11. The summed E-state index contributed by atoms with van der Waals surface area (Å²) < 4.78 is 57.4. The molecule has 0 saturated carbocycles. The monoisotopic (exact) mass is 451 g/mol. The number of ether oxygens (including phenoxy) is 1. The third-order valence-electron chi connectivity index (χ3n) is 4.38. The highest BCUT2D eigenvalue weighted by atomic mass is 32.2. The molecule has 11 heteroatoms. The fraction of sp³-hybridized carbons (Fsp3) is 0.263. The Hall–Kier alpha value is -2.76. The molecule has 2 aromatic rings. The van der Waals surface area contributed by atoms with E-state index in [4.69, 9.17) is 4.74 Å². The van der Waals surface area contributed by atoms with Crippen LogP contribution in [-0.2, 0) is 36.2 Å². The topological polar surface area (TPSA) is 122 Å². The maximum Gasteiger partial charge on any atom is 0.330 e. The number of aliphatic imine (C=N–C) groups is 1. The van der Waals surface area contributed by atoms with Gasteiger partial charge in [0.2, 0.25) is 10.0 Å². The average molecular weight is 452 g/mol. The van der Waals surface area contributed by atoms with Crippen LogP contribution in [0.15, 0.2) is 63.3 Å². The molecule has 9 nitrogen and oxygen atoms in total. The first-order chi connectivity index (χ1) is 14.0. The van der Waals surface area contributed by atoms with Crippen LogP contribution < -0.4 is 4.72 Å². The summed E-state index contributed by atoms with van der Waals surface area (Å²) in [6.07, 6.45) is 0. The molecule has 0 saturated heterocycles. The summed E-state index contributed by atoms with van der Waals surface area (Å²) >= 11 is 0. The van der Waals surface area contributed by atoms with Crippen molar-refractivity contribution in [2.45, 2.75) is 29.4 Å². The fourth-order valence-electron chi connectivity index (χ4n) is 2.76. The first kappa shape index (κ1) is 21.9. The van der Waals surface area contributed by atoms with Crippen LogP contribution in [0, 0.1) is 0 Å². The van der Waals surface area contributed by atoms with E-state index in [-0.39, 0.29) is 22.2 Å². The summed E-state index contributed by atoms with van der Waals surface area (Å²) in [5.74, 6) is -0.596. The number of nitrogens with one attached hydrogen (secondary N) is 1. The summed E-state index contributed by atoms with van der Waals surface area (Å²) in [6, 6.07) is 11.4. The lowest BCUT2D eigenvalue weighted by atomic mass is 10.2. The first-order valence-corrected chi connectivity index (χ1v) is 11.8. The normalized spacial score (nSPS) is 17.4. The summed E-state index contributed by atoms with van der Waals surface area (Å²) in [7, 11) is -4.45. The highest BCUT2D eigenvalue weighted by molar-refractivity contribution is 7.90. The highest BCUT2D eigenvalue weighted by Crippen LogP contribution is 2.22. The van der Waals surface area contributed by atoms with E-state index in [9.17, 15) is 21.6 Å². The van der Waals surface area contributed by atoms with Crippen molar-refractivity contribution in [2.24, 2.45) is 4.99 Å². The molecular weight excluding hydrogens is 430 g/mol. The van der Waals surface area contributed by atoms with E-state index < -0.39 is 32.1 Å². The minimum atomic E-state index is -3.70. The van der Waals surface area contributed by atoms with E-state index >= 15 is 0 Å². The quantitative estimate of drug-likeness (QED) is 0.657. The van der Waals surface area contributed by atoms with Crippen molar-refractivity contribution in [3.05, 3.63) is 59.7 Å². The van der Waals surface area contributed by atoms with Gasteiger partial charge < -0.3 is 4.74 Å². The van der Waals surface area contributed by atoms with Crippen molar-refractivity contribution < 1.29 is 26.4 Å². The number of sulfonamides is 2. The molecule has 1 N–H and O–H groups in total. The van der Waals surface area contributed by atoms with Gasteiger partial charge in [-0.2, -0.15) is 0 Å². The Balaban J connectivity index is 1.72. The average Bonchev–Trinajstić information content (AvgIpc) is 2.96. The van der Waals surface area contributed by atoms with Gasteiger partial charge in [-0.05, 0) is 36.8 Å². The Morgan fingerprint density at radius 2 is 1.87 bits per heavy atom. The predicted molar refractivity (Wildman–Crippen MR) is 110 cm³/mol. The molecule has 30 heavy (non-hydrogen) atoms. The first-order valence-electron chi connectivity index (χ1n) is 8.90. The Labute approximate surface area is 175 Å². The Bertz CT molecular complexity index is 1220. The van der Waals surface area contributed by atoms with Gasteiger partial charge in [-0.15, -0.1) is 0 Å². The SMILES string of the molecule is C[C@H](N=C1NS(=O)(=O)c2ccccc21)C(=O)OCc1cccc(S(=O)(=O)N(C)C)c1. The van der Waals surface area contributed by atoms with Gasteiger partial charge in [-0.1, -0.05) is 24.3 Å². The molecule has 160 valence electrons. The largest absolute Gasteiger partial charge is 0.459 e. The molecule has 3 rings (SSSR count). The highest BCUT2D eigenvalue weighted by Gasteiger charge is 2.31. The third-order valence-corrected chi connectivity index (χ3v) is 7.59. The van der Waals surface area contributed by atoms with E-state index in [1.807, 2.05) is 0 Å². The van der Waals surface area contributed by atoms with E-state index in [2.05, 4.69) is 9.71 Å². The molecule has 1 atom stereocenters. The molecule has 0 amide bonds. The van der Waals surface area contributed by atoms with Crippen LogP contribution in [0.3, 0.4) is 0 Å². The number of amidine groups is 1. The van der Waals surface area contributed by atoms with Gasteiger partial charge in [-0.3, -0.25) is 9.71 Å². The number of carbonyl (C=O) groups excluding carboxylic acids is 1. The van der Waals surface area contributed by atoms with Gasteiger partial charge >= 0.3 is 5.97 Å². The number of rotatable bonds is 6. The third kappa shape index (κ3) is 4.37. The van der Waals surface area contributed by atoms with Crippen LogP contribution in [0.2, 0.25) is 0 Å². The number of hydrogen-bond donors (Lipinski definition) is 1. The summed E-state index contributed by atoms with van der Waals surface area (Å²) in [5.41, 5.74) is 0.886. The van der Waals surface area contributed by atoms with Crippen molar-refractivity contribution in [3.8, 4) is 0 Å². The Morgan fingerprint density at radius 3 is 2.57 bits per heavy atom. The molecule has 0 aliphatic carbocycles. The zero-order chi connectivity index (χ0) is 22.1. The van der Waals surface area contributed by atoms with Crippen LogP contribution in [0.5, 0.6) is 0 Å². The number of carbonyl (C=O) groups is 1. The lowest BCUT2D eigenvalue weighted by molar-refractivity contribution is -0.146. The second-order valence-corrected chi connectivity index (χ2v) is 10.6. The second-order valence-electron chi connectivity index (χ2n) is 6.80. The lowest BCUT2D eigenvalue weighted by Crippen LogP contribution is -2.26. The van der Waals surface area contributed by atoms with Crippen LogP contribution in [0.1, 0.15) is 18.1 Å². The molecule has 1 heterocycles. The minimum absolute atomic E-state index is 0.0779. The molecule has 2 aromatic carbocycles. The van der Waals surface area contributed by atoms with Crippen LogP contribution in [0.4, 0.5) is 0 Å². The molecule has 1 aliphatic rings. The van der Waals surface area contributed by atoms with Crippen molar-refractivity contribution in [1.82, 2.24) is 9.03 Å². The smallest absolute Gasteiger partial charge is 0.330 e. The van der Waals surface area contributed by atoms with Gasteiger partial charge in [0.15, 0.2) is 0 Å². The molecule has 0 radical (unpaired) electrons. The Kier molecular flexibility index (Phi) is 5.97. The number of esters is 1. The van der Waals surface area contributed by atoms with E-state index in [1.165, 1.54) is 39.2 Å². The lowest BCUT2D eigenvalue weighted by Gasteiger charge is -2.13. The van der Waals surface area contributed by atoms with Gasteiger partial charge in [0, 0.05) is 19.7 Å². The molecule has 0 unspecified atom stereocenters. The fourth-order valence-corrected chi connectivity index (χ4v) is 4.97. The summed E-state index contributed by atoms with van der Waals surface area (Å²) in [6.45, 7) is 1.34. The maximum atomic E-state index is 12.3. The van der Waals surface area contributed by atoms with E-state index in [0.717, 1.165) is 4.31 Å². The van der Waals surface area contributed by atoms with Crippen LogP contribution in [0.25, 0.3) is 0 Å². The standard InChI is InChI=1S/C19H21N3O6S2/c1-13(20-18-16-9-4-5-10-17(16)29(24,25)21-18)19(23)28-12-14-7-6-8-15(11-14)30(26,27)22(2)3/h4-11,13H,12H2,1-3H3,(H,20,21)/t13-/m0/s1. The number of benzene rings is 2. The molecule has 0 spiro atoms. The maximum absolute atomic E-state index is 12.3. The zero-order valence-electron chi connectivity index (χ0n) is 16.6. The summed E-state index contributed by atoms with van der Waals surface area (Å²) in [5, 5.41) is 0. The van der Waals surface area contributed by atoms with Crippen molar-refractivity contribution in [2.75, 3.05) is 14.1 Å². The minimum Gasteiger partial charge on any atom is -0.459 e. The van der Waals surface area contributed by atoms with Crippen LogP contribution in [-0.4, -0.2) is 53.1 Å². The van der Waals surface area contributed by atoms with Crippen molar-refractivity contribution >= 4 is 31.9 Å². The molecule has 0 aromatic heterocycles. The molecule has 0 bridgehead atoms. The van der Waals surface area contributed by atoms with Crippen molar-refractivity contribution in [3.63, 3.8) is 0 Å². The van der Waals surface area contributed by atoms with E-state index in [1.54, 1.807) is 30.3 Å². The zero-order valence-corrected chi connectivity index (χ0v) is 18.2. The Morgan fingerprint density at radius 1 is 1.17 bits per heavy atom.